The second-order valence-corrected chi connectivity index (χ2v) is 6.16. The molecule has 3 N–H and O–H groups in total. The average Bonchev–Trinajstić information content (AvgIpc) is 2.82. The molecule has 0 fully saturated rings. The number of benzene rings is 1. The summed E-state index contributed by atoms with van der Waals surface area (Å²) < 4.78 is 2.32. The Hall–Kier alpha value is -1.37. The summed E-state index contributed by atoms with van der Waals surface area (Å²) in [5.74, 6) is 0. The van der Waals surface area contributed by atoms with Crippen LogP contribution in [0.2, 0.25) is 0 Å². The summed E-state index contributed by atoms with van der Waals surface area (Å²) in [6.07, 6.45) is 0. The summed E-state index contributed by atoms with van der Waals surface area (Å²) >= 11 is 6.79. The van der Waals surface area contributed by atoms with Gasteiger partial charge in [-0.3, -0.25) is 0 Å². The molecule has 0 spiro atoms. The Bertz CT molecular complexity index is 781. The van der Waals surface area contributed by atoms with E-state index in [1.807, 2.05) is 6.07 Å². The number of halogens is 2. The minimum Gasteiger partial charge on any atom is -0.415 e. The summed E-state index contributed by atoms with van der Waals surface area (Å²) in [5.41, 5.74) is 2.99. The van der Waals surface area contributed by atoms with Gasteiger partial charge in [0.25, 0.3) is 0 Å². The second-order valence-electron chi connectivity index (χ2n) is 4.62. The Morgan fingerprint density at radius 2 is 1.78 bits per heavy atom. The summed E-state index contributed by atoms with van der Waals surface area (Å²) in [4.78, 5) is 5.19. The molecule has 2 aromatic rings. The first kappa shape index (κ1) is 18.0. The number of nitriles is 1. The van der Waals surface area contributed by atoms with Crippen molar-refractivity contribution in [1.29, 1.82) is 5.26 Å². The fourth-order valence-corrected chi connectivity index (χ4v) is 4.15. The van der Waals surface area contributed by atoms with E-state index >= 15 is 0 Å². The van der Waals surface area contributed by atoms with Crippen LogP contribution >= 0.6 is 31.9 Å². The maximum absolute atomic E-state index is 9.76. The first-order chi connectivity index (χ1) is 11.0. The molecule has 1 aromatic carbocycles. The first-order valence-electron chi connectivity index (χ1n) is 6.56. The standard InChI is InChI=1S/C15H14Br2N2O4/c1-23-19-12(4-18)14(16)13(15(19)17)9-3-2-8(5-20)10(6-21)11(9)7-22/h2-3,20-22H,5-7H2,1H3. The topological polar surface area (TPSA) is 98.6 Å². The van der Waals surface area contributed by atoms with Gasteiger partial charge in [0.15, 0.2) is 5.69 Å². The number of nitrogens with zero attached hydrogens (tertiary/aromatic N) is 2. The molecule has 0 saturated carbocycles. The van der Waals surface area contributed by atoms with Crippen LogP contribution in [0.25, 0.3) is 11.1 Å². The van der Waals surface area contributed by atoms with E-state index in [4.69, 9.17) is 4.84 Å². The van der Waals surface area contributed by atoms with Crippen LogP contribution in [0.3, 0.4) is 0 Å². The molecule has 122 valence electrons. The van der Waals surface area contributed by atoms with Crippen molar-refractivity contribution in [3.63, 3.8) is 0 Å². The second kappa shape index (κ2) is 7.47. The van der Waals surface area contributed by atoms with Gasteiger partial charge < -0.3 is 20.2 Å². The van der Waals surface area contributed by atoms with E-state index in [0.717, 1.165) is 0 Å². The van der Waals surface area contributed by atoms with Crippen molar-refractivity contribution in [1.82, 2.24) is 4.73 Å². The molecule has 0 amide bonds. The van der Waals surface area contributed by atoms with Crippen LogP contribution in [0.15, 0.2) is 21.2 Å². The van der Waals surface area contributed by atoms with Gasteiger partial charge in [-0.2, -0.15) is 9.99 Å². The molecule has 0 aliphatic rings. The van der Waals surface area contributed by atoms with Crippen LogP contribution in [0.1, 0.15) is 22.4 Å². The van der Waals surface area contributed by atoms with Gasteiger partial charge in [0, 0.05) is 5.56 Å². The number of aliphatic hydroxyl groups excluding tert-OH is 3. The smallest absolute Gasteiger partial charge is 0.173 e. The summed E-state index contributed by atoms with van der Waals surface area (Å²) in [5, 5.41) is 38.0. The summed E-state index contributed by atoms with van der Waals surface area (Å²) in [6, 6.07) is 5.44. The molecule has 0 aliphatic carbocycles. The summed E-state index contributed by atoms with van der Waals surface area (Å²) in [7, 11) is 1.43. The molecule has 0 radical (unpaired) electrons. The summed E-state index contributed by atoms with van der Waals surface area (Å²) in [6.45, 7) is -0.878. The van der Waals surface area contributed by atoms with Gasteiger partial charge in [-0.05, 0) is 54.1 Å². The van der Waals surface area contributed by atoms with Gasteiger partial charge in [0.2, 0.25) is 0 Å². The largest absolute Gasteiger partial charge is 0.415 e. The minimum absolute atomic E-state index is 0.242. The van der Waals surface area contributed by atoms with E-state index in [1.165, 1.54) is 11.8 Å². The van der Waals surface area contributed by atoms with Gasteiger partial charge in [-0.1, -0.05) is 12.1 Å². The normalized spacial score (nSPS) is 10.7. The first-order valence-corrected chi connectivity index (χ1v) is 8.15. The van der Waals surface area contributed by atoms with E-state index in [-0.39, 0.29) is 25.5 Å². The van der Waals surface area contributed by atoms with Gasteiger partial charge in [-0.25, -0.2) is 0 Å². The zero-order valence-corrected chi connectivity index (χ0v) is 15.3. The number of hydrogen-bond donors (Lipinski definition) is 3. The molecule has 1 aromatic heterocycles. The third-order valence-electron chi connectivity index (χ3n) is 3.59. The fourth-order valence-electron chi connectivity index (χ4n) is 2.49. The molecule has 0 unspecified atom stereocenters. The molecule has 0 atom stereocenters. The Morgan fingerprint density at radius 1 is 1.13 bits per heavy atom. The van der Waals surface area contributed by atoms with Crippen molar-refractivity contribution in [2.45, 2.75) is 19.8 Å². The predicted molar refractivity (Wildman–Crippen MR) is 90.3 cm³/mol. The van der Waals surface area contributed by atoms with Crippen LogP contribution in [-0.2, 0) is 19.8 Å². The van der Waals surface area contributed by atoms with Crippen LogP contribution in [-0.4, -0.2) is 27.2 Å². The number of aliphatic hydroxyl groups is 3. The van der Waals surface area contributed by atoms with E-state index in [2.05, 4.69) is 31.9 Å². The van der Waals surface area contributed by atoms with Crippen LogP contribution in [0, 0.1) is 11.3 Å². The SMILES string of the molecule is COn1c(Br)c(-c2ccc(CO)c(CO)c2CO)c(Br)c1C#N. The maximum atomic E-state index is 9.76. The highest BCUT2D eigenvalue weighted by molar-refractivity contribution is 9.11. The molecule has 0 aliphatic heterocycles. The highest BCUT2D eigenvalue weighted by Crippen LogP contribution is 2.42. The van der Waals surface area contributed by atoms with Gasteiger partial charge in [0.05, 0.1) is 24.3 Å². The lowest BCUT2D eigenvalue weighted by Crippen LogP contribution is -2.08. The van der Waals surface area contributed by atoms with E-state index < -0.39 is 0 Å². The highest BCUT2D eigenvalue weighted by Gasteiger charge is 2.25. The molecule has 2 rings (SSSR count). The Kier molecular flexibility index (Phi) is 5.84. The van der Waals surface area contributed by atoms with Crippen molar-refractivity contribution in [3.05, 3.63) is 43.6 Å². The molecule has 1 heterocycles. The highest BCUT2D eigenvalue weighted by atomic mass is 79.9. The Morgan fingerprint density at radius 3 is 2.22 bits per heavy atom. The molecule has 8 heteroatoms. The monoisotopic (exact) mass is 444 g/mol. The molecular formula is C15H14Br2N2O4. The maximum Gasteiger partial charge on any atom is 0.173 e. The van der Waals surface area contributed by atoms with Crippen LogP contribution < -0.4 is 4.84 Å². The van der Waals surface area contributed by atoms with Crippen LogP contribution in [0.4, 0.5) is 0 Å². The lowest BCUT2D eigenvalue weighted by Gasteiger charge is -2.15. The number of rotatable bonds is 5. The van der Waals surface area contributed by atoms with Crippen molar-refractivity contribution in [3.8, 4) is 17.2 Å². The third kappa shape index (κ3) is 2.91. The molecule has 0 bridgehead atoms. The van der Waals surface area contributed by atoms with Crippen LogP contribution in [0.5, 0.6) is 0 Å². The van der Waals surface area contributed by atoms with Gasteiger partial charge >= 0.3 is 0 Å². The predicted octanol–water partition coefficient (Wildman–Crippen LogP) is 2.09. The van der Waals surface area contributed by atoms with Gasteiger partial charge in [0.1, 0.15) is 17.8 Å². The molecule has 0 saturated heterocycles. The number of aromatic nitrogens is 1. The van der Waals surface area contributed by atoms with Crippen molar-refractivity contribution in [2.24, 2.45) is 0 Å². The fraction of sp³-hybridized carbons (Fsp3) is 0.267. The van der Waals surface area contributed by atoms with E-state index in [9.17, 15) is 20.6 Å². The van der Waals surface area contributed by atoms with Crippen molar-refractivity contribution >= 4 is 31.9 Å². The van der Waals surface area contributed by atoms with E-state index in [0.29, 0.717) is 36.9 Å². The third-order valence-corrected chi connectivity index (χ3v) is 5.08. The van der Waals surface area contributed by atoms with E-state index in [1.54, 1.807) is 12.1 Å². The minimum atomic E-state index is -0.321. The zero-order valence-electron chi connectivity index (χ0n) is 12.2. The van der Waals surface area contributed by atoms with Crippen molar-refractivity contribution < 1.29 is 20.2 Å². The zero-order chi connectivity index (χ0) is 17.1. The average molecular weight is 446 g/mol. The van der Waals surface area contributed by atoms with Gasteiger partial charge in [-0.15, -0.1) is 0 Å². The molecular weight excluding hydrogens is 432 g/mol. The molecule has 23 heavy (non-hydrogen) atoms. The molecule has 6 nitrogen and oxygen atoms in total. The lowest BCUT2D eigenvalue weighted by atomic mass is 9.93. The number of hydrogen-bond acceptors (Lipinski definition) is 5. The Labute approximate surface area is 149 Å². The Balaban J connectivity index is 2.83. The quantitative estimate of drug-likeness (QED) is 0.654. The lowest BCUT2D eigenvalue weighted by molar-refractivity contribution is 0.160. The van der Waals surface area contributed by atoms with Crippen molar-refractivity contribution in [2.75, 3.05) is 7.11 Å².